The molecule has 3 rings (SSSR count). The molecule has 0 aromatic carbocycles. The van der Waals surface area contributed by atoms with Crippen LogP contribution in [0.4, 0.5) is 0 Å². The molecule has 3 unspecified atom stereocenters. The molecule has 1 fully saturated rings. The maximum Gasteiger partial charge on any atom is 0.223 e. The fraction of sp³-hybridized carbons (Fsp3) is 0.556. The van der Waals surface area contributed by atoms with Crippen molar-refractivity contribution in [2.75, 3.05) is 7.11 Å². The van der Waals surface area contributed by atoms with E-state index in [1.54, 1.807) is 29.8 Å². The van der Waals surface area contributed by atoms with Gasteiger partial charge in [-0.1, -0.05) is 6.42 Å². The van der Waals surface area contributed by atoms with E-state index in [2.05, 4.69) is 27.1 Å². The summed E-state index contributed by atoms with van der Waals surface area (Å²) in [6.45, 7) is 1.99. The van der Waals surface area contributed by atoms with E-state index >= 15 is 0 Å². The van der Waals surface area contributed by atoms with Gasteiger partial charge in [0.1, 0.15) is 5.01 Å². The van der Waals surface area contributed by atoms with Gasteiger partial charge in [0.25, 0.3) is 0 Å². The summed E-state index contributed by atoms with van der Waals surface area (Å²) in [5, 5.41) is 10.5. The largest absolute Gasteiger partial charge is 0.381 e. The summed E-state index contributed by atoms with van der Waals surface area (Å²) in [5.41, 5.74) is 2.26. The summed E-state index contributed by atoms with van der Waals surface area (Å²) < 4.78 is 5.46. The average Bonchev–Trinajstić information content (AvgIpc) is 3.26. The predicted molar refractivity (Wildman–Crippen MR) is 98.5 cm³/mol. The molecule has 0 spiro atoms. The van der Waals surface area contributed by atoms with E-state index in [-0.39, 0.29) is 24.0 Å². The molecule has 1 amide bonds. The molecule has 1 saturated carbocycles. The Kier molecular flexibility index (Phi) is 6.03. The first kappa shape index (κ1) is 17.6. The second kappa shape index (κ2) is 8.23. The third-order valence-electron chi connectivity index (χ3n) is 4.60. The van der Waals surface area contributed by atoms with Gasteiger partial charge in [0.2, 0.25) is 5.91 Å². The molecule has 130 valence electrons. The van der Waals surface area contributed by atoms with Crippen LogP contribution < -0.4 is 5.32 Å². The molecule has 0 saturated heterocycles. The SMILES string of the molecule is COC1CCCC(C(=O)NC(Cc2ccsc2)c2nc(C)cs2)C1. The molecule has 24 heavy (non-hydrogen) atoms. The Bertz CT molecular complexity index is 654. The quantitative estimate of drug-likeness (QED) is 0.839. The lowest BCUT2D eigenvalue weighted by Gasteiger charge is -2.28. The number of hydrogen-bond acceptors (Lipinski definition) is 5. The van der Waals surface area contributed by atoms with Gasteiger partial charge in [-0.05, 0) is 48.6 Å². The maximum atomic E-state index is 12.8. The molecule has 1 N–H and O–H groups in total. The van der Waals surface area contributed by atoms with Crippen molar-refractivity contribution >= 4 is 28.6 Å². The standard InChI is InChI=1S/C18H24N2O2S2/c1-12-10-24-18(19-12)16(8-13-6-7-23-11-13)20-17(21)14-4-3-5-15(9-14)22-2/h6-7,10-11,14-16H,3-5,8-9H2,1-2H3,(H,20,21). The van der Waals surface area contributed by atoms with Gasteiger partial charge < -0.3 is 10.1 Å². The van der Waals surface area contributed by atoms with Crippen molar-refractivity contribution in [1.82, 2.24) is 10.3 Å². The Hall–Kier alpha value is -1.24. The van der Waals surface area contributed by atoms with E-state index in [4.69, 9.17) is 4.74 Å². The first-order valence-corrected chi connectivity index (χ1v) is 10.2. The highest BCUT2D eigenvalue weighted by Gasteiger charge is 2.29. The number of thiazole rings is 1. The highest BCUT2D eigenvalue weighted by atomic mass is 32.1. The minimum absolute atomic E-state index is 0.0475. The molecule has 2 aromatic heterocycles. The number of rotatable bonds is 6. The van der Waals surface area contributed by atoms with Crippen LogP contribution in [0.3, 0.4) is 0 Å². The zero-order chi connectivity index (χ0) is 16.9. The van der Waals surface area contributed by atoms with Crippen LogP contribution in [-0.2, 0) is 16.0 Å². The van der Waals surface area contributed by atoms with Crippen molar-refractivity contribution in [3.8, 4) is 0 Å². The van der Waals surface area contributed by atoms with Crippen LogP contribution in [0.25, 0.3) is 0 Å². The van der Waals surface area contributed by atoms with Crippen LogP contribution in [0.15, 0.2) is 22.2 Å². The lowest BCUT2D eigenvalue weighted by molar-refractivity contribution is -0.128. The highest BCUT2D eigenvalue weighted by Crippen LogP contribution is 2.28. The van der Waals surface area contributed by atoms with Crippen LogP contribution >= 0.6 is 22.7 Å². The van der Waals surface area contributed by atoms with Crippen LogP contribution in [0.5, 0.6) is 0 Å². The van der Waals surface area contributed by atoms with Gasteiger partial charge in [-0.25, -0.2) is 4.98 Å². The smallest absolute Gasteiger partial charge is 0.223 e. The lowest BCUT2D eigenvalue weighted by atomic mass is 9.86. The monoisotopic (exact) mass is 364 g/mol. The molecular formula is C18H24N2O2S2. The van der Waals surface area contributed by atoms with E-state index in [0.717, 1.165) is 42.8 Å². The summed E-state index contributed by atoms with van der Waals surface area (Å²) in [6, 6.07) is 2.07. The van der Waals surface area contributed by atoms with Crippen molar-refractivity contribution in [2.45, 2.75) is 51.2 Å². The molecule has 3 atom stereocenters. The second-order valence-electron chi connectivity index (χ2n) is 6.45. The average molecular weight is 365 g/mol. The summed E-state index contributed by atoms with van der Waals surface area (Å²) in [7, 11) is 1.74. The van der Waals surface area contributed by atoms with Crippen molar-refractivity contribution in [3.05, 3.63) is 38.5 Å². The van der Waals surface area contributed by atoms with E-state index in [1.807, 2.05) is 12.3 Å². The fourth-order valence-corrected chi connectivity index (χ4v) is 4.79. The summed E-state index contributed by atoms with van der Waals surface area (Å²) in [6.07, 6.45) is 4.90. The number of nitrogens with zero attached hydrogens (tertiary/aromatic N) is 1. The van der Waals surface area contributed by atoms with Gasteiger partial charge in [-0.3, -0.25) is 4.79 Å². The first-order valence-electron chi connectivity index (χ1n) is 8.42. The topological polar surface area (TPSA) is 51.2 Å². The molecule has 4 nitrogen and oxygen atoms in total. The Balaban J connectivity index is 1.70. The molecule has 0 radical (unpaired) electrons. The van der Waals surface area contributed by atoms with E-state index in [9.17, 15) is 4.79 Å². The van der Waals surface area contributed by atoms with Crippen molar-refractivity contribution < 1.29 is 9.53 Å². The van der Waals surface area contributed by atoms with Crippen molar-refractivity contribution in [3.63, 3.8) is 0 Å². The van der Waals surface area contributed by atoms with Crippen LogP contribution in [0, 0.1) is 12.8 Å². The normalized spacial score (nSPS) is 22.2. The summed E-state index contributed by atoms with van der Waals surface area (Å²) in [4.78, 5) is 17.4. The number of thiophene rings is 1. The fourth-order valence-electron chi connectivity index (χ4n) is 3.26. The first-order chi connectivity index (χ1) is 11.7. The lowest BCUT2D eigenvalue weighted by Crippen LogP contribution is -2.38. The van der Waals surface area contributed by atoms with Gasteiger partial charge in [-0.15, -0.1) is 11.3 Å². The number of ether oxygens (including phenoxy) is 1. The van der Waals surface area contributed by atoms with Crippen LogP contribution in [0.2, 0.25) is 0 Å². The predicted octanol–water partition coefficient (Wildman–Crippen LogP) is 4.12. The van der Waals surface area contributed by atoms with Crippen LogP contribution in [0.1, 0.15) is 48.0 Å². The summed E-state index contributed by atoms with van der Waals surface area (Å²) >= 11 is 3.31. The number of carbonyl (C=O) groups excluding carboxylic acids is 1. The van der Waals surface area contributed by atoms with Crippen molar-refractivity contribution in [2.24, 2.45) is 5.92 Å². The minimum Gasteiger partial charge on any atom is -0.381 e. The molecule has 2 heterocycles. The summed E-state index contributed by atoms with van der Waals surface area (Å²) in [5.74, 6) is 0.194. The number of methoxy groups -OCH3 is 1. The number of nitrogens with one attached hydrogen (secondary N) is 1. The van der Waals surface area contributed by atoms with Gasteiger partial charge in [0.05, 0.1) is 12.1 Å². The van der Waals surface area contributed by atoms with E-state index < -0.39 is 0 Å². The van der Waals surface area contributed by atoms with Crippen LogP contribution in [-0.4, -0.2) is 24.1 Å². The third kappa shape index (κ3) is 4.43. The Morgan fingerprint density at radius 3 is 3.00 bits per heavy atom. The van der Waals surface area contributed by atoms with Gasteiger partial charge in [-0.2, -0.15) is 11.3 Å². The van der Waals surface area contributed by atoms with Crippen molar-refractivity contribution in [1.29, 1.82) is 0 Å². The second-order valence-corrected chi connectivity index (χ2v) is 8.11. The number of amides is 1. The zero-order valence-corrected chi connectivity index (χ0v) is 15.8. The van der Waals surface area contributed by atoms with E-state index in [1.165, 1.54) is 5.56 Å². The highest BCUT2D eigenvalue weighted by molar-refractivity contribution is 7.09. The van der Waals surface area contributed by atoms with Gasteiger partial charge in [0.15, 0.2) is 0 Å². The Morgan fingerprint density at radius 1 is 1.46 bits per heavy atom. The molecule has 2 aromatic rings. The molecule has 1 aliphatic rings. The minimum atomic E-state index is -0.0475. The number of hydrogen-bond donors (Lipinski definition) is 1. The number of aromatic nitrogens is 1. The number of carbonyl (C=O) groups is 1. The third-order valence-corrected chi connectivity index (χ3v) is 6.41. The molecule has 0 bridgehead atoms. The maximum absolute atomic E-state index is 12.8. The molecular weight excluding hydrogens is 340 g/mol. The Morgan fingerprint density at radius 2 is 2.33 bits per heavy atom. The van der Waals surface area contributed by atoms with Gasteiger partial charge >= 0.3 is 0 Å². The van der Waals surface area contributed by atoms with E-state index in [0.29, 0.717) is 0 Å². The molecule has 6 heteroatoms. The zero-order valence-electron chi connectivity index (χ0n) is 14.2. The van der Waals surface area contributed by atoms with Gasteiger partial charge in [0, 0.05) is 30.5 Å². The Labute approximate surface area is 151 Å². The molecule has 1 aliphatic carbocycles. The molecule has 0 aliphatic heterocycles. The number of aryl methyl sites for hydroxylation is 1.